The lowest BCUT2D eigenvalue weighted by atomic mass is 10.1. The summed E-state index contributed by atoms with van der Waals surface area (Å²) in [5.41, 5.74) is 0.400. The van der Waals surface area contributed by atoms with Crippen molar-refractivity contribution in [2.75, 3.05) is 11.9 Å². The van der Waals surface area contributed by atoms with E-state index in [0.717, 1.165) is 25.7 Å². The molecule has 1 rings (SSSR count). The maximum absolute atomic E-state index is 12.2. The molecule has 23 heavy (non-hydrogen) atoms. The molecule has 0 heterocycles. The van der Waals surface area contributed by atoms with Gasteiger partial charge in [0, 0.05) is 18.3 Å². The van der Waals surface area contributed by atoms with Gasteiger partial charge in [0.05, 0.1) is 10.5 Å². The summed E-state index contributed by atoms with van der Waals surface area (Å²) in [7, 11) is -3.69. The van der Waals surface area contributed by atoms with E-state index in [1.54, 1.807) is 0 Å². The molecule has 0 fully saturated rings. The predicted molar refractivity (Wildman–Crippen MR) is 91.5 cm³/mol. The van der Waals surface area contributed by atoms with Gasteiger partial charge in [0.15, 0.2) is 0 Å². The first-order valence-electron chi connectivity index (χ1n) is 7.95. The highest BCUT2D eigenvalue weighted by molar-refractivity contribution is 7.89. The first-order valence-corrected chi connectivity index (χ1v) is 9.43. The Kier molecular flexibility index (Phi) is 7.51. The molecule has 3 N–H and O–H groups in total. The molecule has 6 nitrogen and oxygen atoms in total. The Morgan fingerprint density at radius 1 is 1.26 bits per heavy atom. The van der Waals surface area contributed by atoms with Crippen LogP contribution in [-0.2, 0) is 10.0 Å². The highest BCUT2D eigenvalue weighted by atomic mass is 32.2. The van der Waals surface area contributed by atoms with Crippen LogP contribution in [0.1, 0.15) is 56.8 Å². The van der Waals surface area contributed by atoms with E-state index in [2.05, 4.69) is 10.0 Å². The van der Waals surface area contributed by atoms with Crippen molar-refractivity contribution in [3.8, 4) is 0 Å². The minimum Gasteiger partial charge on any atom is -0.478 e. The average Bonchev–Trinajstić information content (AvgIpc) is 2.47. The Morgan fingerprint density at radius 3 is 2.52 bits per heavy atom. The third-order valence-electron chi connectivity index (χ3n) is 3.48. The van der Waals surface area contributed by atoms with Gasteiger partial charge in [-0.1, -0.05) is 26.7 Å². The molecule has 1 aromatic carbocycles. The molecule has 0 aromatic heterocycles. The molecule has 7 heteroatoms. The molecule has 130 valence electrons. The van der Waals surface area contributed by atoms with E-state index in [1.807, 2.05) is 20.8 Å². The summed E-state index contributed by atoms with van der Waals surface area (Å²) in [5.74, 6) is -1.15. The molecule has 1 atom stereocenters. The summed E-state index contributed by atoms with van der Waals surface area (Å²) >= 11 is 0. The third-order valence-corrected chi connectivity index (χ3v) is 4.94. The lowest BCUT2D eigenvalue weighted by Gasteiger charge is -2.17. The highest BCUT2D eigenvalue weighted by Gasteiger charge is 2.19. The van der Waals surface area contributed by atoms with Crippen molar-refractivity contribution in [1.82, 2.24) is 4.72 Å². The zero-order chi connectivity index (χ0) is 17.5. The topological polar surface area (TPSA) is 95.5 Å². The smallest absolute Gasteiger partial charge is 0.337 e. The zero-order valence-electron chi connectivity index (χ0n) is 13.9. The summed E-state index contributed by atoms with van der Waals surface area (Å²) < 4.78 is 26.9. The second-order valence-electron chi connectivity index (χ2n) is 5.60. The van der Waals surface area contributed by atoms with Gasteiger partial charge in [-0.15, -0.1) is 0 Å². The number of anilines is 1. The summed E-state index contributed by atoms with van der Waals surface area (Å²) in [4.78, 5) is 11.4. The minimum absolute atomic E-state index is 0.0281. The largest absolute Gasteiger partial charge is 0.478 e. The number of carbonyl (C=O) groups is 1. The molecular formula is C16H26N2O4S. The van der Waals surface area contributed by atoms with E-state index in [4.69, 9.17) is 0 Å². The van der Waals surface area contributed by atoms with Crippen molar-refractivity contribution in [2.45, 2.75) is 57.4 Å². The van der Waals surface area contributed by atoms with Crippen LogP contribution in [0.2, 0.25) is 0 Å². The van der Waals surface area contributed by atoms with Crippen LogP contribution in [0, 0.1) is 0 Å². The number of sulfonamides is 1. The molecule has 0 saturated carbocycles. The lowest BCUT2D eigenvalue weighted by molar-refractivity contribution is 0.0697. The van der Waals surface area contributed by atoms with Crippen molar-refractivity contribution in [3.63, 3.8) is 0 Å². The van der Waals surface area contributed by atoms with Crippen molar-refractivity contribution in [2.24, 2.45) is 0 Å². The second kappa shape index (κ2) is 8.88. The average molecular weight is 342 g/mol. The number of carboxylic acids is 1. The van der Waals surface area contributed by atoms with Crippen molar-refractivity contribution in [1.29, 1.82) is 0 Å². The van der Waals surface area contributed by atoms with E-state index < -0.39 is 16.0 Å². The molecule has 0 aliphatic carbocycles. The van der Waals surface area contributed by atoms with Crippen LogP contribution in [0.4, 0.5) is 5.69 Å². The van der Waals surface area contributed by atoms with E-state index >= 15 is 0 Å². The van der Waals surface area contributed by atoms with Gasteiger partial charge >= 0.3 is 5.97 Å². The van der Waals surface area contributed by atoms with Gasteiger partial charge in [0.2, 0.25) is 10.0 Å². The zero-order valence-corrected chi connectivity index (χ0v) is 14.7. The standard InChI is InChI=1S/C16H26N2O4S/c1-4-6-10-17-23(21,22)13-8-9-15(14(11-13)16(19)20)18-12(3)7-5-2/h8-9,11-12,17-18H,4-7,10H2,1-3H3,(H,19,20)/t12-/m0/s1. The van der Waals surface area contributed by atoms with Crippen LogP contribution in [0.5, 0.6) is 0 Å². The summed E-state index contributed by atoms with van der Waals surface area (Å²) in [6.45, 7) is 6.32. The molecule has 0 saturated heterocycles. The molecule has 0 aliphatic heterocycles. The Labute approximate surface area is 138 Å². The van der Waals surface area contributed by atoms with Gasteiger partial charge in [0.1, 0.15) is 0 Å². The van der Waals surface area contributed by atoms with Crippen molar-refractivity contribution < 1.29 is 18.3 Å². The number of benzene rings is 1. The van der Waals surface area contributed by atoms with Crippen LogP contribution in [0.3, 0.4) is 0 Å². The number of rotatable bonds is 10. The Morgan fingerprint density at radius 2 is 1.96 bits per heavy atom. The maximum atomic E-state index is 12.2. The lowest BCUT2D eigenvalue weighted by Crippen LogP contribution is -2.25. The molecule has 0 aliphatic rings. The Bertz CT molecular complexity index is 629. The van der Waals surface area contributed by atoms with E-state index in [9.17, 15) is 18.3 Å². The van der Waals surface area contributed by atoms with Gasteiger partial charge in [-0.3, -0.25) is 0 Å². The van der Waals surface area contributed by atoms with E-state index in [-0.39, 0.29) is 16.5 Å². The molecule has 0 spiro atoms. The minimum atomic E-state index is -3.69. The van der Waals surface area contributed by atoms with E-state index in [1.165, 1.54) is 18.2 Å². The number of unbranched alkanes of at least 4 members (excludes halogenated alkanes) is 1. The number of hydrogen-bond acceptors (Lipinski definition) is 4. The fourth-order valence-corrected chi connectivity index (χ4v) is 3.33. The SMILES string of the molecule is CCCCNS(=O)(=O)c1ccc(N[C@@H](C)CCC)c(C(=O)O)c1. The predicted octanol–water partition coefficient (Wildman–Crippen LogP) is 3.06. The quantitative estimate of drug-likeness (QED) is 0.568. The first-order chi connectivity index (χ1) is 10.8. The van der Waals surface area contributed by atoms with Crippen LogP contribution < -0.4 is 10.0 Å². The fraction of sp³-hybridized carbons (Fsp3) is 0.562. The molecule has 1 aromatic rings. The second-order valence-corrected chi connectivity index (χ2v) is 7.36. The van der Waals surface area contributed by atoms with Crippen molar-refractivity contribution >= 4 is 21.7 Å². The maximum Gasteiger partial charge on any atom is 0.337 e. The number of carboxylic acid groups (broad SMARTS) is 1. The van der Waals surface area contributed by atoms with Gasteiger partial charge in [-0.2, -0.15) is 0 Å². The normalized spacial score (nSPS) is 12.8. The Hall–Kier alpha value is -1.60. The summed E-state index contributed by atoms with van der Waals surface area (Å²) in [6, 6.07) is 4.27. The van der Waals surface area contributed by atoms with Gasteiger partial charge in [-0.25, -0.2) is 17.9 Å². The molecule has 0 unspecified atom stereocenters. The third kappa shape index (κ3) is 5.84. The molecular weight excluding hydrogens is 316 g/mol. The molecule has 0 amide bonds. The van der Waals surface area contributed by atoms with Gasteiger partial charge in [-0.05, 0) is 38.0 Å². The van der Waals surface area contributed by atoms with E-state index in [0.29, 0.717) is 12.2 Å². The number of aromatic carboxylic acids is 1. The Balaban J connectivity index is 3.05. The molecule has 0 bridgehead atoms. The van der Waals surface area contributed by atoms with Crippen LogP contribution in [-0.4, -0.2) is 32.1 Å². The van der Waals surface area contributed by atoms with Crippen LogP contribution in [0.25, 0.3) is 0 Å². The molecule has 0 radical (unpaired) electrons. The van der Waals surface area contributed by atoms with Crippen molar-refractivity contribution in [3.05, 3.63) is 23.8 Å². The fourth-order valence-electron chi connectivity index (χ4n) is 2.23. The number of hydrogen-bond donors (Lipinski definition) is 3. The summed E-state index contributed by atoms with van der Waals surface area (Å²) in [6.07, 6.45) is 3.49. The first kappa shape index (κ1) is 19.4. The van der Waals surface area contributed by atoms with Gasteiger partial charge < -0.3 is 10.4 Å². The summed E-state index contributed by atoms with van der Waals surface area (Å²) in [5, 5.41) is 12.5. The monoisotopic (exact) mass is 342 g/mol. The van der Waals surface area contributed by atoms with Crippen LogP contribution in [0.15, 0.2) is 23.1 Å². The number of nitrogens with one attached hydrogen (secondary N) is 2. The highest BCUT2D eigenvalue weighted by Crippen LogP contribution is 2.22. The van der Waals surface area contributed by atoms with Crippen LogP contribution >= 0.6 is 0 Å². The van der Waals surface area contributed by atoms with Gasteiger partial charge in [0.25, 0.3) is 0 Å².